The summed E-state index contributed by atoms with van der Waals surface area (Å²) in [7, 11) is 0. The Morgan fingerprint density at radius 1 is 0.953 bits per heavy atom. The molecule has 242 valence electrons. The molecule has 2 N–H and O–H groups in total. The number of hydrogen-bond acceptors (Lipinski definition) is 6. The third kappa shape index (κ3) is 4.26. The molecule has 7 nitrogen and oxygen atoms in total. The van der Waals surface area contributed by atoms with Crippen LogP contribution in [0.1, 0.15) is 112 Å². The van der Waals surface area contributed by atoms with E-state index in [1.54, 1.807) is 13.8 Å². The van der Waals surface area contributed by atoms with Gasteiger partial charge in [-0.15, -0.1) is 0 Å². The summed E-state index contributed by atoms with van der Waals surface area (Å²) in [5.41, 5.74) is 0.223. The molecule has 8 aliphatic rings. The third-order valence-electron chi connectivity index (χ3n) is 15.2. The van der Waals surface area contributed by atoms with Crippen LogP contribution in [0.4, 0.5) is 0 Å². The van der Waals surface area contributed by atoms with Gasteiger partial charge in [-0.25, -0.2) is 0 Å². The molecular weight excluding hydrogens is 542 g/mol. The van der Waals surface area contributed by atoms with Crippen LogP contribution in [0, 0.1) is 51.2 Å². The van der Waals surface area contributed by atoms with Crippen LogP contribution in [-0.2, 0) is 19.0 Å². The predicted octanol–water partition coefficient (Wildman–Crippen LogP) is 5.30. The van der Waals surface area contributed by atoms with Gasteiger partial charge in [0.15, 0.2) is 6.29 Å². The lowest BCUT2D eigenvalue weighted by atomic mass is 9.46. The van der Waals surface area contributed by atoms with Crippen molar-refractivity contribution in [3.05, 3.63) is 0 Å². The average molecular weight is 600 g/mol. The average Bonchev–Trinajstić information content (AvgIpc) is 3.88. The maximum atomic E-state index is 12.7. The van der Waals surface area contributed by atoms with Crippen LogP contribution in [0.25, 0.3) is 0 Å². The number of rotatable bonds is 5. The van der Waals surface area contributed by atoms with Gasteiger partial charge in [-0.1, -0.05) is 20.8 Å². The second kappa shape index (κ2) is 9.65. The van der Waals surface area contributed by atoms with Gasteiger partial charge in [0.1, 0.15) is 6.10 Å². The molecule has 6 aliphatic carbocycles. The Hall–Kier alpha value is -0.730. The van der Waals surface area contributed by atoms with E-state index in [0.717, 1.165) is 44.4 Å². The topological polar surface area (TPSA) is 88.5 Å². The highest BCUT2D eigenvalue weighted by molar-refractivity contribution is 5.81. The van der Waals surface area contributed by atoms with Crippen molar-refractivity contribution >= 4 is 5.91 Å². The number of carbonyl (C=O) groups is 1. The van der Waals surface area contributed by atoms with Gasteiger partial charge >= 0.3 is 0 Å². The van der Waals surface area contributed by atoms with Gasteiger partial charge in [-0.2, -0.15) is 0 Å². The van der Waals surface area contributed by atoms with Gasteiger partial charge in [0.05, 0.1) is 37.1 Å². The Bertz CT molecular complexity index is 1130. The zero-order valence-electron chi connectivity index (χ0n) is 27.4. The van der Waals surface area contributed by atoms with E-state index in [0.29, 0.717) is 59.6 Å². The van der Waals surface area contributed by atoms with E-state index in [1.165, 1.54) is 38.5 Å². The summed E-state index contributed by atoms with van der Waals surface area (Å²) in [4.78, 5) is 14.7. The predicted molar refractivity (Wildman–Crippen MR) is 162 cm³/mol. The number of aliphatic hydroxyl groups excluding tert-OH is 1. The standard InChI is InChI=1S/C36H57NO6/c1-32(2)27-11-9-22-24-18-26-23(8-10-25(42-26)30(38)33(3,4)40)34(24,5)14-15-35(22)20-36(27,35)13-12-28(32)43-29-19-37(16-17-41-29)31(39)21-6-7-21/h21-30,38,40H,6-20H2,1-5H3/t22?,23?,24?,25?,26?,27?,28-,29?,30-,34?,35-,36?/m0/s1. The van der Waals surface area contributed by atoms with Crippen molar-refractivity contribution in [3.8, 4) is 0 Å². The van der Waals surface area contributed by atoms with Crippen LogP contribution in [0.3, 0.4) is 0 Å². The van der Waals surface area contributed by atoms with Crippen LogP contribution in [0.5, 0.6) is 0 Å². The molecule has 6 saturated carbocycles. The molecule has 2 heterocycles. The molecule has 1 amide bonds. The fourth-order valence-corrected chi connectivity index (χ4v) is 12.9. The Balaban J connectivity index is 0.966. The SMILES string of the molecule is CC12CC[C@@]34CC35CC[C@H](OC3CN(C(=O)C6CC6)CCO3)C(C)(C)C5CCC4C1CC1OC([C@H](O)C(C)(C)O)CCC12. The van der Waals surface area contributed by atoms with Gasteiger partial charge in [-0.3, -0.25) is 4.79 Å². The highest BCUT2D eigenvalue weighted by atomic mass is 16.7. The Morgan fingerprint density at radius 3 is 2.47 bits per heavy atom. The molecule has 0 aromatic carbocycles. The number of morpholine rings is 1. The maximum Gasteiger partial charge on any atom is 0.225 e. The molecule has 8 fully saturated rings. The fourth-order valence-electron chi connectivity index (χ4n) is 12.9. The molecular formula is C36H57NO6. The number of ether oxygens (including phenoxy) is 3. The maximum absolute atomic E-state index is 12.7. The van der Waals surface area contributed by atoms with Crippen LogP contribution in [0.15, 0.2) is 0 Å². The zero-order chi connectivity index (χ0) is 30.2. The molecule has 0 aromatic rings. The Kier molecular flexibility index (Phi) is 6.66. The number of fused-ring (bicyclic) bond motifs is 4. The van der Waals surface area contributed by atoms with Crippen molar-refractivity contribution in [2.24, 2.45) is 51.2 Å². The van der Waals surface area contributed by atoms with E-state index < -0.39 is 11.7 Å². The largest absolute Gasteiger partial charge is 0.388 e. The van der Waals surface area contributed by atoms with E-state index in [1.807, 2.05) is 4.90 Å². The molecule has 9 unspecified atom stereocenters. The zero-order valence-corrected chi connectivity index (χ0v) is 27.4. The first-order valence-electron chi connectivity index (χ1n) is 17.9. The van der Waals surface area contributed by atoms with Crippen molar-refractivity contribution in [1.82, 2.24) is 4.90 Å². The minimum absolute atomic E-state index is 0.0901. The summed E-state index contributed by atoms with van der Waals surface area (Å²) in [5, 5.41) is 21.3. The third-order valence-corrected chi connectivity index (χ3v) is 15.2. The van der Waals surface area contributed by atoms with Crippen molar-refractivity contribution in [3.63, 3.8) is 0 Å². The van der Waals surface area contributed by atoms with E-state index >= 15 is 0 Å². The lowest BCUT2D eigenvalue weighted by molar-refractivity contribution is -0.244. The number of aliphatic hydroxyl groups is 2. The normalized spacial score (nSPS) is 50.9. The Labute approximate surface area is 258 Å². The summed E-state index contributed by atoms with van der Waals surface area (Å²) in [5.74, 6) is 3.30. The molecule has 2 spiro atoms. The van der Waals surface area contributed by atoms with E-state index in [2.05, 4.69) is 20.8 Å². The number of hydrogen-bond donors (Lipinski definition) is 2. The van der Waals surface area contributed by atoms with Crippen LogP contribution < -0.4 is 0 Å². The molecule has 8 rings (SSSR count). The van der Waals surface area contributed by atoms with E-state index in [-0.39, 0.29) is 35.9 Å². The van der Waals surface area contributed by atoms with Crippen molar-refractivity contribution < 1.29 is 29.2 Å². The molecule has 12 atom stereocenters. The van der Waals surface area contributed by atoms with Gasteiger partial charge in [0, 0.05) is 12.5 Å². The van der Waals surface area contributed by atoms with E-state index in [9.17, 15) is 15.0 Å². The molecule has 0 radical (unpaired) electrons. The van der Waals surface area contributed by atoms with Crippen LogP contribution in [0.2, 0.25) is 0 Å². The number of carbonyl (C=O) groups excluding carboxylic acids is 1. The molecule has 43 heavy (non-hydrogen) atoms. The first kappa shape index (κ1) is 29.7. The molecule has 0 aromatic heterocycles. The Morgan fingerprint density at radius 2 is 1.72 bits per heavy atom. The highest BCUT2D eigenvalue weighted by Crippen LogP contribution is 2.87. The molecule has 2 saturated heterocycles. The van der Waals surface area contributed by atoms with Crippen molar-refractivity contribution in [2.45, 2.75) is 148 Å². The minimum Gasteiger partial charge on any atom is -0.388 e. The van der Waals surface area contributed by atoms with E-state index in [4.69, 9.17) is 14.2 Å². The number of nitrogens with zero attached hydrogens (tertiary/aromatic N) is 1. The van der Waals surface area contributed by atoms with Gasteiger partial charge in [0.25, 0.3) is 0 Å². The smallest absolute Gasteiger partial charge is 0.225 e. The van der Waals surface area contributed by atoms with Crippen LogP contribution in [-0.4, -0.2) is 77.0 Å². The van der Waals surface area contributed by atoms with Gasteiger partial charge < -0.3 is 29.3 Å². The van der Waals surface area contributed by atoms with Crippen molar-refractivity contribution in [1.29, 1.82) is 0 Å². The monoisotopic (exact) mass is 599 g/mol. The molecule has 2 aliphatic heterocycles. The second-order valence-electron chi connectivity index (χ2n) is 17.9. The van der Waals surface area contributed by atoms with Gasteiger partial charge in [-0.05, 0) is 136 Å². The minimum atomic E-state index is -1.14. The van der Waals surface area contributed by atoms with Crippen LogP contribution >= 0.6 is 0 Å². The molecule has 0 bridgehead atoms. The lowest BCUT2D eigenvalue weighted by Gasteiger charge is -2.60. The summed E-state index contributed by atoms with van der Waals surface area (Å²) < 4.78 is 19.6. The summed E-state index contributed by atoms with van der Waals surface area (Å²) in [6.45, 7) is 12.8. The quantitative estimate of drug-likeness (QED) is 0.446. The summed E-state index contributed by atoms with van der Waals surface area (Å²) in [6, 6.07) is 0. The number of amides is 1. The first-order valence-corrected chi connectivity index (χ1v) is 17.9. The van der Waals surface area contributed by atoms with Gasteiger partial charge in [0.2, 0.25) is 5.91 Å². The fraction of sp³-hybridized carbons (Fsp3) is 0.972. The second-order valence-corrected chi connectivity index (χ2v) is 17.9. The first-order chi connectivity index (χ1) is 20.3. The molecule has 7 heteroatoms. The summed E-state index contributed by atoms with van der Waals surface area (Å²) in [6.07, 6.45) is 13.3. The highest BCUT2D eigenvalue weighted by Gasteiger charge is 2.80. The van der Waals surface area contributed by atoms with Crippen molar-refractivity contribution in [2.75, 3.05) is 19.7 Å². The summed E-state index contributed by atoms with van der Waals surface area (Å²) >= 11 is 0. The lowest BCUT2D eigenvalue weighted by Crippen LogP contribution is -2.56.